The molecule has 0 N–H and O–H groups in total. The van der Waals surface area contributed by atoms with Gasteiger partial charge in [-0.3, -0.25) is 4.90 Å². The highest BCUT2D eigenvalue weighted by atomic mass is 16.5. The van der Waals surface area contributed by atoms with Gasteiger partial charge in [-0.15, -0.1) is 0 Å². The third-order valence-corrected chi connectivity index (χ3v) is 6.77. The van der Waals surface area contributed by atoms with Crippen molar-refractivity contribution in [3.8, 4) is 34.5 Å². The van der Waals surface area contributed by atoms with E-state index in [2.05, 4.69) is 42.3 Å². The van der Waals surface area contributed by atoms with Gasteiger partial charge in [-0.05, 0) is 72.1 Å². The van der Waals surface area contributed by atoms with Gasteiger partial charge in [0.2, 0.25) is 0 Å². The Balaban J connectivity index is 1.89. The van der Waals surface area contributed by atoms with Gasteiger partial charge >= 0.3 is 0 Å². The molecule has 0 radical (unpaired) electrons. The Morgan fingerprint density at radius 2 is 1.03 bits per heavy atom. The summed E-state index contributed by atoms with van der Waals surface area (Å²) in [6, 6.07) is 16.4. The highest BCUT2D eigenvalue weighted by Gasteiger charge is 2.35. The first-order valence-corrected chi connectivity index (χ1v) is 11.4. The predicted molar refractivity (Wildman–Crippen MR) is 135 cm³/mol. The van der Waals surface area contributed by atoms with E-state index in [-0.39, 0.29) is 12.1 Å². The van der Waals surface area contributed by atoms with Gasteiger partial charge in [0.25, 0.3) is 0 Å². The number of hydrogen-bond acceptors (Lipinski definition) is 7. The highest BCUT2D eigenvalue weighted by Crippen LogP contribution is 2.47. The van der Waals surface area contributed by atoms with Gasteiger partial charge in [0.1, 0.15) is 0 Å². The normalized spacial score (nSPS) is 17.3. The fourth-order valence-corrected chi connectivity index (χ4v) is 4.97. The van der Waals surface area contributed by atoms with Crippen LogP contribution in [0.25, 0.3) is 0 Å². The van der Waals surface area contributed by atoms with Crippen molar-refractivity contribution in [2.24, 2.45) is 0 Å². The maximum Gasteiger partial charge on any atom is 0.161 e. The number of methoxy groups -OCH3 is 6. The van der Waals surface area contributed by atoms with Crippen LogP contribution in [0.5, 0.6) is 34.5 Å². The molecule has 3 aromatic carbocycles. The van der Waals surface area contributed by atoms with Crippen LogP contribution in [0.1, 0.15) is 34.3 Å². The Hall–Kier alpha value is -3.58. The molecule has 7 heteroatoms. The zero-order valence-corrected chi connectivity index (χ0v) is 21.4. The molecule has 3 aromatic rings. The second-order valence-electron chi connectivity index (χ2n) is 8.42. The molecule has 0 saturated carbocycles. The SMILES string of the molecule is COc1ccc(C2Cc3cc(OC)c(OC)cc3C(c3ccc(OC)c(OC)c3)N2C)cc1OC. The molecule has 0 fully saturated rings. The first kappa shape index (κ1) is 24.5. The van der Waals surface area contributed by atoms with Gasteiger partial charge < -0.3 is 28.4 Å². The van der Waals surface area contributed by atoms with Crippen LogP contribution in [0.2, 0.25) is 0 Å². The second kappa shape index (κ2) is 10.4. The van der Waals surface area contributed by atoms with Crippen LogP contribution >= 0.6 is 0 Å². The topological polar surface area (TPSA) is 58.6 Å². The molecule has 1 aliphatic rings. The van der Waals surface area contributed by atoms with Gasteiger partial charge in [0.05, 0.1) is 48.7 Å². The van der Waals surface area contributed by atoms with Crippen LogP contribution in [0.3, 0.4) is 0 Å². The molecular formula is C28H33NO6. The fourth-order valence-electron chi connectivity index (χ4n) is 4.97. The van der Waals surface area contributed by atoms with Crippen LogP contribution < -0.4 is 28.4 Å². The standard InChI is InChI=1S/C28H33NO6/c1-29-21(17-8-10-22(30-2)24(13-17)32-4)12-19-15-26(34-6)27(35-7)16-20(19)28(29)18-9-11-23(31-3)25(14-18)33-5/h8-11,13-16,21,28H,12H2,1-7H3. The molecule has 0 bridgehead atoms. The van der Waals surface area contributed by atoms with Gasteiger partial charge in [0, 0.05) is 6.04 Å². The minimum absolute atomic E-state index is 0.0588. The summed E-state index contributed by atoms with van der Waals surface area (Å²) in [7, 11) is 12.1. The van der Waals surface area contributed by atoms with E-state index in [4.69, 9.17) is 28.4 Å². The molecule has 2 atom stereocenters. The number of benzene rings is 3. The predicted octanol–water partition coefficient (Wildman–Crippen LogP) is 5.06. The summed E-state index contributed by atoms with van der Waals surface area (Å²) in [6.07, 6.45) is 0.797. The van der Waals surface area contributed by atoms with Gasteiger partial charge in [-0.2, -0.15) is 0 Å². The zero-order chi connectivity index (χ0) is 25.1. The van der Waals surface area contributed by atoms with Crippen LogP contribution in [0.15, 0.2) is 48.5 Å². The molecule has 1 aliphatic heterocycles. The molecule has 1 heterocycles. The second-order valence-corrected chi connectivity index (χ2v) is 8.42. The maximum absolute atomic E-state index is 5.65. The molecule has 0 spiro atoms. The Bertz CT molecular complexity index is 1190. The third kappa shape index (κ3) is 4.44. The average Bonchev–Trinajstić information content (AvgIpc) is 2.91. The van der Waals surface area contributed by atoms with Crippen LogP contribution in [-0.2, 0) is 6.42 Å². The lowest BCUT2D eigenvalue weighted by atomic mass is 9.82. The fraction of sp³-hybridized carbons (Fsp3) is 0.357. The molecular weight excluding hydrogens is 446 g/mol. The third-order valence-electron chi connectivity index (χ3n) is 6.77. The Labute approximate surface area is 207 Å². The summed E-state index contributed by atoms with van der Waals surface area (Å²) in [6.45, 7) is 0. The van der Waals surface area contributed by atoms with Gasteiger partial charge in [-0.25, -0.2) is 0 Å². The molecule has 2 unspecified atom stereocenters. The molecule has 35 heavy (non-hydrogen) atoms. The van der Waals surface area contributed by atoms with Crippen molar-refractivity contribution in [2.45, 2.75) is 18.5 Å². The van der Waals surface area contributed by atoms with Crippen LogP contribution in [0.4, 0.5) is 0 Å². The first-order valence-electron chi connectivity index (χ1n) is 11.4. The number of rotatable bonds is 8. The number of hydrogen-bond donors (Lipinski definition) is 0. The van der Waals surface area contributed by atoms with Crippen LogP contribution in [-0.4, -0.2) is 54.6 Å². The highest BCUT2D eigenvalue weighted by molar-refractivity contribution is 5.55. The van der Waals surface area contributed by atoms with Crippen molar-refractivity contribution in [1.29, 1.82) is 0 Å². The van der Waals surface area contributed by atoms with Crippen molar-refractivity contribution >= 4 is 0 Å². The summed E-state index contributed by atoms with van der Waals surface area (Å²) in [5.41, 5.74) is 4.58. The average molecular weight is 480 g/mol. The van der Waals surface area contributed by atoms with E-state index in [9.17, 15) is 0 Å². The van der Waals surface area contributed by atoms with Crippen molar-refractivity contribution in [3.63, 3.8) is 0 Å². The molecule has 0 aromatic heterocycles. The summed E-state index contributed by atoms with van der Waals surface area (Å²) < 4.78 is 33.4. The van der Waals surface area contributed by atoms with Crippen molar-refractivity contribution < 1.29 is 28.4 Å². The smallest absolute Gasteiger partial charge is 0.161 e. The van der Waals surface area contributed by atoms with E-state index >= 15 is 0 Å². The monoisotopic (exact) mass is 479 g/mol. The molecule has 4 rings (SSSR count). The van der Waals surface area contributed by atoms with Gasteiger partial charge in [0.15, 0.2) is 34.5 Å². The van der Waals surface area contributed by atoms with E-state index in [1.807, 2.05) is 18.2 Å². The minimum atomic E-state index is -0.0588. The molecule has 7 nitrogen and oxygen atoms in total. The summed E-state index contributed by atoms with van der Waals surface area (Å²) in [5.74, 6) is 4.21. The number of likely N-dealkylation sites (N-methyl/N-ethyl adjacent to an activating group) is 1. The Morgan fingerprint density at radius 3 is 1.57 bits per heavy atom. The Morgan fingerprint density at radius 1 is 0.571 bits per heavy atom. The summed E-state index contributed by atoms with van der Waals surface area (Å²) in [5, 5.41) is 0. The maximum atomic E-state index is 5.65. The lowest BCUT2D eigenvalue weighted by molar-refractivity contribution is 0.179. The first-order chi connectivity index (χ1) is 17.0. The van der Waals surface area contributed by atoms with Gasteiger partial charge in [-0.1, -0.05) is 12.1 Å². The number of ether oxygens (including phenoxy) is 6. The van der Waals surface area contributed by atoms with Crippen LogP contribution in [0, 0.1) is 0 Å². The van der Waals surface area contributed by atoms with E-state index in [1.54, 1.807) is 42.7 Å². The number of nitrogens with zero attached hydrogens (tertiary/aromatic N) is 1. The van der Waals surface area contributed by atoms with Crippen molar-refractivity contribution in [2.75, 3.05) is 49.7 Å². The quantitative estimate of drug-likeness (QED) is 0.448. The van der Waals surface area contributed by atoms with E-state index in [0.717, 1.165) is 23.1 Å². The largest absolute Gasteiger partial charge is 0.493 e. The minimum Gasteiger partial charge on any atom is -0.493 e. The lowest BCUT2D eigenvalue weighted by Crippen LogP contribution is -2.36. The summed E-state index contributed by atoms with van der Waals surface area (Å²) >= 11 is 0. The Kier molecular flexibility index (Phi) is 7.26. The molecule has 0 amide bonds. The zero-order valence-electron chi connectivity index (χ0n) is 21.4. The summed E-state index contributed by atoms with van der Waals surface area (Å²) in [4.78, 5) is 2.37. The van der Waals surface area contributed by atoms with E-state index in [1.165, 1.54) is 5.56 Å². The van der Waals surface area contributed by atoms with E-state index in [0.29, 0.717) is 34.5 Å². The van der Waals surface area contributed by atoms with Crippen molar-refractivity contribution in [1.82, 2.24) is 4.90 Å². The molecule has 0 saturated heterocycles. The van der Waals surface area contributed by atoms with E-state index < -0.39 is 0 Å². The lowest BCUT2D eigenvalue weighted by Gasteiger charge is -2.42. The van der Waals surface area contributed by atoms with Crippen molar-refractivity contribution in [3.05, 3.63) is 70.8 Å². The molecule has 186 valence electrons. The number of fused-ring (bicyclic) bond motifs is 1. The molecule has 0 aliphatic carbocycles.